The Morgan fingerprint density at radius 3 is 2.28 bits per heavy atom. The Morgan fingerprint density at radius 2 is 1.67 bits per heavy atom. The van der Waals surface area contributed by atoms with Crippen molar-refractivity contribution in [2.45, 2.75) is 77.0 Å². The van der Waals surface area contributed by atoms with E-state index in [9.17, 15) is 0 Å². The molecule has 3 aliphatic rings. The topological polar surface area (TPSA) is 21.3 Å². The van der Waals surface area contributed by atoms with Crippen LogP contribution < -0.4 is 5.32 Å². The molecule has 2 heteroatoms. The highest BCUT2D eigenvalue weighted by Crippen LogP contribution is 2.39. The van der Waals surface area contributed by atoms with Crippen LogP contribution in [0.3, 0.4) is 0 Å². The summed E-state index contributed by atoms with van der Waals surface area (Å²) in [6, 6.07) is 1.44. The Bertz CT molecular complexity index is 266. The predicted octanol–water partition coefficient (Wildman–Crippen LogP) is 3.36. The molecule has 1 heterocycles. The van der Waals surface area contributed by atoms with Gasteiger partial charge in [-0.1, -0.05) is 13.8 Å². The Hall–Kier alpha value is -0.0800. The third-order valence-corrected chi connectivity index (χ3v) is 5.39. The highest BCUT2D eigenvalue weighted by Gasteiger charge is 2.41. The summed E-state index contributed by atoms with van der Waals surface area (Å²) in [5.74, 6) is 2.74. The summed E-state index contributed by atoms with van der Waals surface area (Å²) in [5, 5.41) is 3.92. The van der Waals surface area contributed by atoms with Crippen molar-refractivity contribution in [3.05, 3.63) is 0 Å². The molecule has 0 amide bonds. The third kappa shape index (κ3) is 2.91. The maximum Gasteiger partial charge on any atom is 0.0757 e. The molecule has 0 aromatic carbocycles. The van der Waals surface area contributed by atoms with Crippen LogP contribution in [0.5, 0.6) is 0 Å². The van der Waals surface area contributed by atoms with Gasteiger partial charge in [-0.3, -0.25) is 0 Å². The van der Waals surface area contributed by atoms with Gasteiger partial charge in [0.05, 0.1) is 6.10 Å². The number of nitrogens with one attached hydrogen (secondary N) is 1. The number of hydrogen-bond donors (Lipinski definition) is 1. The summed E-state index contributed by atoms with van der Waals surface area (Å²) in [5.41, 5.74) is 0. The van der Waals surface area contributed by atoms with Crippen molar-refractivity contribution in [1.82, 2.24) is 5.32 Å². The molecule has 1 saturated heterocycles. The standard InChI is InChI=1S/C16H29NO/c1-11(2)12-5-7-14(8-6-12)17-15-9-10-18-16(15)13-3-4-13/h11-17H,3-10H2,1-2H3. The molecule has 18 heavy (non-hydrogen) atoms. The highest BCUT2D eigenvalue weighted by molar-refractivity contribution is 4.95. The molecule has 1 N–H and O–H groups in total. The van der Waals surface area contributed by atoms with E-state index in [0.717, 1.165) is 30.4 Å². The van der Waals surface area contributed by atoms with E-state index in [1.807, 2.05) is 0 Å². The first kappa shape index (κ1) is 12.9. The average molecular weight is 251 g/mol. The molecule has 3 fully saturated rings. The van der Waals surface area contributed by atoms with Crippen LogP contribution in [0.4, 0.5) is 0 Å². The number of hydrogen-bond acceptors (Lipinski definition) is 2. The van der Waals surface area contributed by atoms with Gasteiger partial charge in [0.15, 0.2) is 0 Å². The maximum atomic E-state index is 5.93. The maximum absolute atomic E-state index is 5.93. The molecular weight excluding hydrogens is 222 g/mol. The minimum atomic E-state index is 0.549. The van der Waals surface area contributed by atoms with Gasteiger partial charge in [0.1, 0.15) is 0 Å². The lowest BCUT2D eigenvalue weighted by molar-refractivity contribution is 0.0763. The van der Waals surface area contributed by atoms with Gasteiger partial charge < -0.3 is 10.1 Å². The van der Waals surface area contributed by atoms with Crippen molar-refractivity contribution in [2.24, 2.45) is 17.8 Å². The Morgan fingerprint density at radius 1 is 0.944 bits per heavy atom. The zero-order valence-corrected chi connectivity index (χ0v) is 12.0. The lowest BCUT2D eigenvalue weighted by Gasteiger charge is -2.34. The summed E-state index contributed by atoms with van der Waals surface area (Å²) in [7, 11) is 0. The van der Waals surface area contributed by atoms with Crippen LogP contribution in [0, 0.1) is 17.8 Å². The third-order valence-electron chi connectivity index (χ3n) is 5.39. The Labute approximate surface area is 112 Å². The van der Waals surface area contributed by atoms with E-state index in [1.54, 1.807) is 0 Å². The van der Waals surface area contributed by atoms with Crippen LogP contribution >= 0.6 is 0 Å². The monoisotopic (exact) mass is 251 g/mol. The van der Waals surface area contributed by atoms with E-state index in [4.69, 9.17) is 4.74 Å². The normalized spacial score (nSPS) is 41.5. The fraction of sp³-hybridized carbons (Fsp3) is 1.00. The molecule has 2 unspecified atom stereocenters. The smallest absolute Gasteiger partial charge is 0.0757 e. The molecule has 2 nitrogen and oxygen atoms in total. The molecule has 3 rings (SSSR count). The van der Waals surface area contributed by atoms with Gasteiger partial charge in [0.25, 0.3) is 0 Å². The summed E-state index contributed by atoms with van der Waals surface area (Å²) in [6.45, 7) is 5.75. The summed E-state index contributed by atoms with van der Waals surface area (Å²) in [4.78, 5) is 0. The molecule has 104 valence electrons. The molecule has 2 saturated carbocycles. The van der Waals surface area contributed by atoms with Crippen molar-refractivity contribution in [3.63, 3.8) is 0 Å². The van der Waals surface area contributed by atoms with E-state index in [-0.39, 0.29) is 0 Å². The van der Waals surface area contributed by atoms with Crippen LogP contribution in [-0.4, -0.2) is 24.8 Å². The summed E-state index contributed by atoms with van der Waals surface area (Å²) < 4.78 is 5.93. The molecule has 0 aromatic heterocycles. The largest absolute Gasteiger partial charge is 0.376 e. The van der Waals surface area contributed by atoms with Gasteiger partial charge in [0, 0.05) is 18.7 Å². The minimum Gasteiger partial charge on any atom is -0.376 e. The van der Waals surface area contributed by atoms with Gasteiger partial charge in [-0.25, -0.2) is 0 Å². The van der Waals surface area contributed by atoms with E-state index in [1.165, 1.54) is 44.9 Å². The van der Waals surface area contributed by atoms with Gasteiger partial charge in [0.2, 0.25) is 0 Å². The first-order valence-electron chi connectivity index (χ1n) is 8.11. The molecule has 1 aliphatic heterocycles. The van der Waals surface area contributed by atoms with E-state index < -0.39 is 0 Å². The number of rotatable bonds is 4. The van der Waals surface area contributed by atoms with Crippen LogP contribution in [0.2, 0.25) is 0 Å². The SMILES string of the molecule is CC(C)C1CCC(NC2CCOC2C2CC2)CC1. The fourth-order valence-electron chi connectivity index (χ4n) is 3.93. The lowest BCUT2D eigenvalue weighted by Crippen LogP contribution is -2.45. The Kier molecular flexibility index (Phi) is 3.95. The van der Waals surface area contributed by atoms with Crippen LogP contribution in [-0.2, 0) is 4.74 Å². The van der Waals surface area contributed by atoms with Crippen LogP contribution in [0.1, 0.15) is 58.8 Å². The molecule has 0 spiro atoms. The molecule has 0 aromatic rings. The van der Waals surface area contributed by atoms with Crippen LogP contribution in [0.25, 0.3) is 0 Å². The summed E-state index contributed by atoms with van der Waals surface area (Å²) in [6.07, 6.45) is 10.2. The van der Waals surface area contributed by atoms with Crippen LogP contribution in [0.15, 0.2) is 0 Å². The Balaban J connectivity index is 1.46. The second-order valence-electron chi connectivity index (χ2n) is 7.09. The first-order valence-corrected chi connectivity index (χ1v) is 8.11. The predicted molar refractivity (Wildman–Crippen MR) is 74.6 cm³/mol. The second-order valence-corrected chi connectivity index (χ2v) is 7.09. The molecular formula is C16H29NO. The van der Waals surface area contributed by atoms with Crippen molar-refractivity contribution < 1.29 is 4.74 Å². The van der Waals surface area contributed by atoms with Gasteiger partial charge in [-0.05, 0) is 62.7 Å². The van der Waals surface area contributed by atoms with Crippen molar-refractivity contribution in [3.8, 4) is 0 Å². The van der Waals surface area contributed by atoms with Gasteiger partial charge in [-0.2, -0.15) is 0 Å². The van der Waals surface area contributed by atoms with Crippen molar-refractivity contribution >= 4 is 0 Å². The first-order chi connectivity index (χ1) is 8.74. The molecule has 2 aliphatic carbocycles. The van der Waals surface area contributed by atoms with Crippen molar-refractivity contribution in [2.75, 3.05) is 6.61 Å². The van der Waals surface area contributed by atoms with E-state index in [0.29, 0.717) is 12.1 Å². The zero-order valence-electron chi connectivity index (χ0n) is 12.0. The van der Waals surface area contributed by atoms with E-state index in [2.05, 4.69) is 19.2 Å². The summed E-state index contributed by atoms with van der Waals surface area (Å²) >= 11 is 0. The van der Waals surface area contributed by atoms with Gasteiger partial charge in [-0.15, -0.1) is 0 Å². The van der Waals surface area contributed by atoms with E-state index >= 15 is 0 Å². The zero-order chi connectivity index (χ0) is 12.5. The second kappa shape index (κ2) is 5.50. The van der Waals surface area contributed by atoms with Crippen molar-refractivity contribution in [1.29, 1.82) is 0 Å². The average Bonchev–Trinajstić information content (AvgIpc) is 3.11. The fourth-order valence-corrected chi connectivity index (χ4v) is 3.93. The molecule has 2 atom stereocenters. The lowest BCUT2D eigenvalue weighted by atomic mass is 9.79. The number of ether oxygens (including phenoxy) is 1. The minimum absolute atomic E-state index is 0.549. The molecule has 0 bridgehead atoms. The molecule has 0 radical (unpaired) electrons. The van der Waals surface area contributed by atoms with Gasteiger partial charge >= 0.3 is 0 Å². The highest BCUT2D eigenvalue weighted by atomic mass is 16.5. The quantitative estimate of drug-likeness (QED) is 0.827.